The molecule has 2 N–H and O–H groups in total. The number of para-hydroxylation sites is 1. The monoisotopic (exact) mass is 385 g/mol. The Bertz CT molecular complexity index is 938. The molecule has 0 aliphatic heterocycles. The number of benzene rings is 2. The van der Waals surface area contributed by atoms with Crippen LogP contribution in [0.4, 0.5) is 11.4 Å². The van der Waals surface area contributed by atoms with Crippen molar-refractivity contribution in [3.8, 4) is 0 Å². The first-order valence-corrected chi connectivity index (χ1v) is 8.65. The third kappa shape index (κ3) is 4.92. The zero-order chi connectivity index (χ0) is 19.4. The third-order valence-corrected chi connectivity index (χ3v) is 4.26. The summed E-state index contributed by atoms with van der Waals surface area (Å²) in [5.74, 6) is -0.690. The van der Waals surface area contributed by atoms with Gasteiger partial charge in [-0.25, -0.2) is 0 Å². The quantitative estimate of drug-likeness (QED) is 0.448. The molecule has 0 heterocycles. The Labute approximate surface area is 160 Å². The molecule has 2 amide bonds. The molecule has 0 bridgehead atoms. The fourth-order valence-corrected chi connectivity index (χ4v) is 2.59. The second kappa shape index (κ2) is 8.01. The van der Waals surface area contributed by atoms with Gasteiger partial charge >= 0.3 is 0 Å². The van der Waals surface area contributed by atoms with Gasteiger partial charge in [0.15, 0.2) is 0 Å². The summed E-state index contributed by atoms with van der Waals surface area (Å²) in [6.07, 6.45) is 4.61. The van der Waals surface area contributed by atoms with Crippen LogP contribution in [0.3, 0.4) is 0 Å². The van der Waals surface area contributed by atoms with Crippen molar-refractivity contribution in [2.45, 2.75) is 18.9 Å². The molecule has 1 fully saturated rings. The number of carbonyl (C=O) groups is 2. The fraction of sp³-hybridized carbons (Fsp3) is 0.158. The van der Waals surface area contributed by atoms with Gasteiger partial charge in [0, 0.05) is 18.2 Å². The summed E-state index contributed by atoms with van der Waals surface area (Å²) < 4.78 is 0. The third-order valence-electron chi connectivity index (χ3n) is 3.94. The molecule has 8 heteroatoms. The Balaban J connectivity index is 1.71. The SMILES string of the molecule is O=C(/C=C/c1ccc(Cl)c([N+](=O)[O-])c1)Nc1ccccc1C(=O)NC1CC1. The Morgan fingerprint density at radius 1 is 1.19 bits per heavy atom. The van der Waals surface area contributed by atoms with Gasteiger partial charge in [-0.2, -0.15) is 0 Å². The molecule has 138 valence electrons. The molecule has 27 heavy (non-hydrogen) atoms. The van der Waals surface area contributed by atoms with Gasteiger partial charge in [-0.05, 0) is 42.7 Å². The molecule has 0 atom stereocenters. The number of nitro benzene ring substituents is 1. The summed E-state index contributed by atoms with van der Waals surface area (Å²) in [5.41, 5.74) is 1.00. The molecule has 0 unspecified atom stereocenters. The number of nitrogens with one attached hydrogen (secondary N) is 2. The molecule has 7 nitrogen and oxygen atoms in total. The maximum Gasteiger partial charge on any atom is 0.288 e. The average molecular weight is 386 g/mol. The minimum atomic E-state index is -0.589. The van der Waals surface area contributed by atoms with E-state index in [1.807, 2.05) is 0 Å². The summed E-state index contributed by atoms with van der Waals surface area (Å²) in [4.78, 5) is 34.8. The molecule has 1 saturated carbocycles. The summed E-state index contributed by atoms with van der Waals surface area (Å²) in [6, 6.07) is 11.2. The van der Waals surface area contributed by atoms with E-state index in [1.165, 1.54) is 24.3 Å². The van der Waals surface area contributed by atoms with E-state index in [0.29, 0.717) is 16.8 Å². The van der Waals surface area contributed by atoms with Crippen molar-refractivity contribution in [1.29, 1.82) is 0 Å². The number of rotatable bonds is 6. The van der Waals surface area contributed by atoms with Crippen LogP contribution in [-0.2, 0) is 4.79 Å². The van der Waals surface area contributed by atoms with Gasteiger partial charge in [0.05, 0.1) is 16.2 Å². The highest BCUT2D eigenvalue weighted by Crippen LogP contribution is 2.25. The van der Waals surface area contributed by atoms with E-state index in [0.717, 1.165) is 12.8 Å². The number of nitrogens with zero attached hydrogens (tertiary/aromatic N) is 1. The minimum Gasteiger partial charge on any atom is -0.349 e. The maximum absolute atomic E-state index is 12.3. The highest BCUT2D eigenvalue weighted by Gasteiger charge is 2.24. The lowest BCUT2D eigenvalue weighted by molar-refractivity contribution is -0.384. The first-order chi connectivity index (χ1) is 12.9. The van der Waals surface area contributed by atoms with Gasteiger partial charge in [0.1, 0.15) is 5.02 Å². The predicted molar refractivity (Wildman–Crippen MR) is 103 cm³/mol. The number of anilines is 1. The highest BCUT2D eigenvalue weighted by molar-refractivity contribution is 6.32. The van der Waals surface area contributed by atoms with E-state index >= 15 is 0 Å². The van der Waals surface area contributed by atoms with Gasteiger partial charge < -0.3 is 10.6 Å². The molecule has 0 spiro atoms. The van der Waals surface area contributed by atoms with Crippen molar-refractivity contribution in [2.75, 3.05) is 5.32 Å². The number of amides is 2. The van der Waals surface area contributed by atoms with Gasteiger partial charge in [0.2, 0.25) is 5.91 Å². The van der Waals surface area contributed by atoms with Gasteiger partial charge in [-0.15, -0.1) is 0 Å². The van der Waals surface area contributed by atoms with Crippen LogP contribution in [0.5, 0.6) is 0 Å². The maximum atomic E-state index is 12.3. The number of carbonyl (C=O) groups excluding carboxylic acids is 2. The zero-order valence-electron chi connectivity index (χ0n) is 14.1. The number of halogens is 1. The number of hydrogen-bond donors (Lipinski definition) is 2. The second-order valence-corrected chi connectivity index (χ2v) is 6.49. The van der Waals surface area contributed by atoms with Crippen LogP contribution in [-0.4, -0.2) is 22.8 Å². The van der Waals surface area contributed by atoms with Crippen LogP contribution in [0.1, 0.15) is 28.8 Å². The van der Waals surface area contributed by atoms with Crippen LogP contribution in [0.25, 0.3) is 6.08 Å². The van der Waals surface area contributed by atoms with Gasteiger partial charge in [-0.1, -0.05) is 29.8 Å². The van der Waals surface area contributed by atoms with Crippen LogP contribution in [0.2, 0.25) is 5.02 Å². The highest BCUT2D eigenvalue weighted by atomic mass is 35.5. The smallest absolute Gasteiger partial charge is 0.288 e. The molecule has 1 aliphatic carbocycles. The van der Waals surface area contributed by atoms with E-state index in [2.05, 4.69) is 10.6 Å². The Kier molecular flexibility index (Phi) is 5.52. The normalized spacial score (nSPS) is 13.4. The van der Waals surface area contributed by atoms with Crippen molar-refractivity contribution in [2.24, 2.45) is 0 Å². The molecular formula is C19H16ClN3O4. The number of nitro groups is 1. The summed E-state index contributed by atoms with van der Waals surface area (Å²) in [6.45, 7) is 0. The lowest BCUT2D eigenvalue weighted by Gasteiger charge is -2.09. The topological polar surface area (TPSA) is 101 Å². The Morgan fingerprint density at radius 2 is 1.93 bits per heavy atom. The van der Waals surface area contributed by atoms with Crippen molar-refractivity contribution in [3.63, 3.8) is 0 Å². The predicted octanol–water partition coefficient (Wildman–Crippen LogP) is 3.79. The number of hydrogen-bond acceptors (Lipinski definition) is 4. The fourth-order valence-electron chi connectivity index (χ4n) is 2.40. The Morgan fingerprint density at radius 3 is 2.63 bits per heavy atom. The molecule has 0 saturated heterocycles. The second-order valence-electron chi connectivity index (χ2n) is 6.08. The lowest BCUT2D eigenvalue weighted by Crippen LogP contribution is -2.26. The molecule has 2 aromatic carbocycles. The van der Waals surface area contributed by atoms with Crippen LogP contribution < -0.4 is 10.6 Å². The molecular weight excluding hydrogens is 370 g/mol. The first kappa shape index (κ1) is 18.6. The molecule has 0 radical (unpaired) electrons. The lowest BCUT2D eigenvalue weighted by atomic mass is 10.1. The van der Waals surface area contributed by atoms with Crippen LogP contribution in [0.15, 0.2) is 48.5 Å². The van der Waals surface area contributed by atoms with E-state index in [-0.39, 0.29) is 22.7 Å². The van der Waals surface area contributed by atoms with E-state index in [9.17, 15) is 19.7 Å². The van der Waals surface area contributed by atoms with E-state index < -0.39 is 10.8 Å². The molecule has 3 rings (SSSR count). The zero-order valence-corrected chi connectivity index (χ0v) is 14.9. The van der Waals surface area contributed by atoms with Gasteiger partial charge in [-0.3, -0.25) is 19.7 Å². The van der Waals surface area contributed by atoms with Crippen molar-refractivity contribution in [1.82, 2.24) is 5.32 Å². The molecule has 0 aromatic heterocycles. The summed E-state index contributed by atoms with van der Waals surface area (Å²) >= 11 is 5.77. The average Bonchev–Trinajstić information content (AvgIpc) is 3.45. The van der Waals surface area contributed by atoms with Gasteiger partial charge in [0.25, 0.3) is 11.6 Å². The van der Waals surface area contributed by atoms with Crippen LogP contribution in [0, 0.1) is 10.1 Å². The standard InChI is InChI=1S/C19H16ClN3O4/c20-15-9-5-12(11-17(15)23(26)27)6-10-18(24)22-16-4-2-1-3-14(16)19(25)21-13-7-8-13/h1-6,9-11,13H,7-8H2,(H,21,25)(H,22,24)/b10-6+. The van der Waals surface area contributed by atoms with Crippen molar-refractivity contribution < 1.29 is 14.5 Å². The van der Waals surface area contributed by atoms with Crippen molar-refractivity contribution in [3.05, 3.63) is 74.8 Å². The summed E-state index contributed by atoms with van der Waals surface area (Å²) in [7, 11) is 0. The minimum absolute atomic E-state index is 0.0252. The van der Waals surface area contributed by atoms with E-state index in [4.69, 9.17) is 11.6 Å². The van der Waals surface area contributed by atoms with Crippen molar-refractivity contribution >= 4 is 40.9 Å². The summed E-state index contributed by atoms with van der Waals surface area (Å²) in [5, 5.41) is 16.5. The molecule has 2 aromatic rings. The first-order valence-electron chi connectivity index (χ1n) is 8.27. The molecule has 1 aliphatic rings. The van der Waals surface area contributed by atoms with E-state index in [1.54, 1.807) is 30.3 Å². The Hall–Kier alpha value is -3.19. The largest absolute Gasteiger partial charge is 0.349 e. The van der Waals surface area contributed by atoms with Crippen LogP contribution >= 0.6 is 11.6 Å².